The molecule has 0 atom stereocenters. The molecule has 0 aromatic carbocycles. The Morgan fingerprint density at radius 2 is 0.886 bits per heavy atom. The Morgan fingerprint density at radius 3 is 1.31 bits per heavy atom. The van der Waals surface area contributed by atoms with Crippen molar-refractivity contribution in [3.8, 4) is 0 Å². The van der Waals surface area contributed by atoms with Crippen LogP contribution in [-0.4, -0.2) is 4.57 Å². The largest absolute Gasteiger partial charge is 0.256 e. The minimum atomic E-state index is 1.18. The van der Waals surface area contributed by atoms with Gasteiger partial charge in [0.15, 0.2) is 0 Å². The van der Waals surface area contributed by atoms with Crippen molar-refractivity contribution in [1.29, 1.82) is 0 Å². The van der Waals surface area contributed by atoms with Gasteiger partial charge in [0, 0.05) is 6.42 Å². The molecule has 1 aromatic rings. The molecule has 0 spiro atoms. The summed E-state index contributed by atoms with van der Waals surface area (Å²) in [6, 6.07) is 0. The lowest BCUT2D eigenvalue weighted by Gasteiger charge is -2.06. The van der Waals surface area contributed by atoms with E-state index in [1.54, 1.807) is 5.82 Å². The van der Waals surface area contributed by atoms with Gasteiger partial charge in [-0.15, -0.1) is 0 Å². The van der Waals surface area contributed by atoms with Crippen LogP contribution in [-0.2, 0) is 19.5 Å². The minimum absolute atomic E-state index is 1.18. The molecule has 0 aliphatic rings. The zero-order chi connectivity index (χ0) is 25.2. The topological polar surface area (TPSA) is 8.81 Å². The van der Waals surface area contributed by atoms with Crippen molar-refractivity contribution in [3.05, 3.63) is 18.2 Å². The molecule has 0 saturated heterocycles. The van der Waals surface area contributed by atoms with Gasteiger partial charge in [-0.3, -0.25) is 0 Å². The van der Waals surface area contributed by atoms with E-state index in [2.05, 4.69) is 42.3 Å². The van der Waals surface area contributed by atoms with Crippen LogP contribution in [0.15, 0.2) is 12.4 Å². The van der Waals surface area contributed by atoms with Gasteiger partial charge in [0.1, 0.15) is 12.4 Å². The summed E-state index contributed by atoms with van der Waals surface area (Å²) < 4.78 is 5.11. The molecule has 206 valence electrons. The van der Waals surface area contributed by atoms with Crippen molar-refractivity contribution in [1.82, 2.24) is 4.57 Å². The van der Waals surface area contributed by atoms with E-state index in [-0.39, 0.29) is 0 Å². The molecule has 1 aromatic heterocycles. The van der Waals surface area contributed by atoms with Gasteiger partial charge in [0.25, 0.3) is 5.82 Å². The lowest BCUT2D eigenvalue weighted by Crippen LogP contribution is -2.37. The molecular weight excluding hydrogens is 424 g/mol. The number of unbranched alkanes of at least 4 members (excludes halogenated alkanes) is 21. The molecule has 0 amide bonds. The third kappa shape index (κ3) is 18.2. The lowest BCUT2D eigenvalue weighted by molar-refractivity contribution is -0.704. The lowest BCUT2D eigenvalue weighted by atomic mass is 10.0. The van der Waals surface area contributed by atoms with E-state index in [1.807, 2.05) is 0 Å². The zero-order valence-corrected chi connectivity index (χ0v) is 24.6. The Labute approximate surface area is 221 Å². The Balaban J connectivity index is 2.04. The van der Waals surface area contributed by atoms with Gasteiger partial charge in [0.2, 0.25) is 0 Å². The van der Waals surface area contributed by atoms with E-state index in [4.69, 9.17) is 0 Å². The second-order valence-corrected chi connectivity index (χ2v) is 11.3. The van der Waals surface area contributed by atoms with Crippen molar-refractivity contribution in [3.63, 3.8) is 0 Å². The predicted octanol–water partition coefficient (Wildman–Crippen LogP) is 10.7. The third-order valence-corrected chi connectivity index (χ3v) is 7.81. The molecule has 1 heterocycles. The van der Waals surface area contributed by atoms with E-state index in [9.17, 15) is 0 Å². The molecule has 0 aliphatic heterocycles. The molecule has 2 heteroatoms. The maximum atomic E-state index is 2.58. The van der Waals surface area contributed by atoms with Gasteiger partial charge in [-0.1, -0.05) is 149 Å². The average molecular weight is 490 g/mol. The van der Waals surface area contributed by atoms with E-state index >= 15 is 0 Å². The van der Waals surface area contributed by atoms with Gasteiger partial charge >= 0.3 is 0 Å². The summed E-state index contributed by atoms with van der Waals surface area (Å²) >= 11 is 0. The van der Waals surface area contributed by atoms with Gasteiger partial charge in [-0.05, 0) is 25.7 Å². The maximum Gasteiger partial charge on any atom is 0.256 e. The Morgan fingerprint density at radius 1 is 0.486 bits per heavy atom. The highest BCUT2D eigenvalue weighted by Crippen LogP contribution is 2.14. The number of nitrogens with zero attached hydrogens (tertiary/aromatic N) is 2. The van der Waals surface area contributed by atoms with E-state index in [0.29, 0.717) is 0 Å². The summed E-state index contributed by atoms with van der Waals surface area (Å²) in [6.07, 6.45) is 40.2. The van der Waals surface area contributed by atoms with Gasteiger partial charge < -0.3 is 0 Å². The Hall–Kier alpha value is -0.790. The van der Waals surface area contributed by atoms with Crippen LogP contribution in [0.25, 0.3) is 0 Å². The van der Waals surface area contributed by atoms with Crippen molar-refractivity contribution >= 4 is 0 Å². The molecule has 2 nitrogen and oxygen atoms in total. The Kier molecular flexibility index (Phi) is 22.9. The fraction of sp³-hybridized carbons (Fsp3) is 0.909. The summed E-state index contributed by atoms with van der Waals surface area (Å²) in [5.74, 6) is 1.58. The van der Waals surface area contributed by atoms with Gasteiger partial charge in [0.05, 0.1) is 13.1 Å². The normalized spacial score (nSPS) is 11.5. The summed E-state index contributed by atoms with van der Waals surface area (Å²) in [5, 5.41) is 0. The smallest absolute Gasteiger partial charge is 0.234 e. The SMILES string of the molecule is CCCCCCCCCCCCCCCCCC[n+]1ccn(CCC)c1CCCCCCCCC. The molecule has 0 aliphatic carbocycles. The molecule has 0 fully saturated rings. The Bertz CT molecular complexity index is 547. The van der Waals surface area contributed by atoms with E-state index in [0.717, 1.165) is 0 Å². The van der Waals surface area contributed by atoms with Crippen molar-refractivity contribution in [2.75, 3.05) is 0 Å². The van der Waals surface area contributed by atoms with E-state index in [1.165, 1.54) is 174 Å². The second kappa shape index (κ2) is 24.9. The molecule has 1 rings (SSSR count). The van der Waals surface area contributed by atoms with Gasteiger partial charge in [-0.25, -0.2) is 9.13 Å². The van der Waals surface area contributed by atoms with Crippen molar-refractivity contribution < 1.29 is 4.57 Å². The molecule has 0 saturated carbocycles. The summed E-state index contributed by atoms with van der Waals surface area (Å²) in [6.45, 7) is 9.32. The van der Waals surface area contributed by atoms with Crippen LogP contribution < -0.4 is 4.57 Å². The van der Waals surface area contributed by atoms with Crippen LogP contribution in [0.5, 0.6) is 0 Å². The summed E-state index contributed by atoms with van der Waals surface area (Å²) in [7, 11) is 0. The molecule has 0 unspecified atom stereocenters. The predicted molar refractivity (Wildman–Crippen MR) is 156 cm³/mol. The molecule has 0 bridgehead atoms. The first-order valence-electron chi connectivity index (χ1n) is 16.4. The standard InChI is InChI=1S/C33H65N2/c1-4-7-9-11-13-14-15-16-17-18-19-20-21-23-25-27-30-35-32-31-34(29-6-3)33(35)28-26-24-22-12-10-8-5-2/h31-32H,4-30H2,1-3H3/q+1. The van der Waals surface area contributed by atoms with Crippen molar-refractivity contribution in [2.24, 2.45) is 0 Å². The van der Waals surface area contributed by atoms with Crippen LogP contribution in [0, 0.1) is 0 Å². The third-order valence-electron chi connectivity index (χ3n) is 7.81. The highest BCUT2D eigenvalue weighted by Gasteiger charge is 2.15. The van der Waals surface area contributed by atoms with Crippen LogP contribution in [0.4, 0.5) is 0 Å². The fourth-order valence-corrected chi connectivity index (χ4v) is 5.50. The average Bonchev–Trinajstić information content (AvgIpc) is 3.24. The number of aromatic nitrogens is 2. The molecule has 35 heavy (non-hydrogen) atoms. The first-order chi connectivity index (χ1) is 17.3. The van der Waals surface area contributed by atoms with Crippen LogP contribution >= 0.6 is 0 Å². The number of hydrogen-bond donors (Lipinski definition) is 0. The van der Waals surface area contributed by atoms with Crippen LogP contribution in [0.1, 0.15) is 181 Å². The quantitative estimate of drug-likeness (QED) is 0.0858. The summed E-state index contributed by atoms with van der Waals surface area (Å²) in [4.78, 5) is 0. The van der Waals surface area contributed by atoms with Crippen LogP contribution in [0.3, 0.4) is 0 Å². The monoisotopic (exact) mass is 490 g/mol. The number of rotatable bonds is 27. The summed E-state index contributed by atoms with van der Waals surface area (Å²) in [5.41, 5.74) is 0. The second-order valence-electron chi connectivity index (χ2n) is 11.3. The number of aryl methyl sites for hydroxylation is 2. The highest BCUT2D eigenvalue weighted by molar-refractivity contribution is 4.84. The first kappa shape index (κ1) is 32.2. The number of imidazole rings is 1. The van der Waals surface area contributed by atoms with Gasteiger partial charge in [-0.2, -0.15) is 0 Å². The van der Waals surface area contributed by atoms with Crippen LogP contribution in [0.2, 0.25) is 0 Å². The number of hydrogen-bond acceptors (Lipinski definition) is 0. The fourth-order valence-electron chi connectivity index (χ4n) is 5.50. The zero-order valence-electron chi connectivity index (χ0n) is 24.6. The maximum absolute atomic E-state index is 2.58. The van der Waals surface area contributed by atoms with E-state index < -0.39 is 0 Å². The van der Waals surface area contributed by atoms with Crippen molar-refractivity contribution in [2.45, 2.75) is 194 Å². The highest BCUT2D eigenvalue weighted by atomic mass is 15.1. The first-order valence-corrected chi connectivity index (χ1v) is 16.4. The molecular formula is C33H65N2+. The minimum Gasteiger partial charge on any atom is -0.234 e. The molecule has 0 radical (unpaired) electrons. The molecule has 0 N–H and O–H groups in total.